The molecule has 0 aromatic heterocycles. The molecule has 2 rings (SSSR count). The van der Waals surface area contributed by atoms with Crippen molar-refractivity contribution in [2.75, 3.05) is 6.61 Å². The van der Waals surface area contributed by atoms with Gasteiger partial charge in [0, 0.05) is 6.61 Å². The smallest absolute Gasteiger partial charge is 0.261 e. The van der Waals surface area contributed by atoms with Gasteiger partial charge >= 0.3 is 0 Å². The summed E-state index contributed by atoms with van der Waals surface area (Å²) in [4.78, 5) is 0. The molecule has 0 saturated carbocycles. The van der Waals surface area contributed by atoms with Gasteiger partial charge in [0.05, 0.1) is 0 Å². The van der Waals surface area contributed by atoms with Crippen LogP contribution in [0.4, 0.5) is 0 Å². The number of allylic oxidation sites excluding steroid dienone is 2. The van der Waals surface area contributed by atoms with E-state index in [4.69, 9.17) is 4.43 Å². The van der Waals surface area contributed by atoms with Gasteiger partial charge in [0.25, 0.3) is 8.32 Å². The second-order valence-corrected chi connectivity index (χ2v) is 14.1. The van der Waals surface area contributed by atoms with Crippen molar-refractivity contribution in [3.8, 4) is 0 Å². The van der Waals surface area contributed by atoms with Crippen LogP contribution in [-0.2, 0) is 4.43 Å². The first kappa shape index (κ1) is 23.6. The van der Waals surface area contributed by atoms with Gasteiger partial charge < -0.3 is 4.43 Å². The van der Waals surface area contributed by atoms with Crippen molar-refractivity contribution in [1.82, 2.24) is 0 Å². The fourth-order valence-electron chi connectivity index (χ4n) is 4.53. The third-order valence-corrected chi connectivity index (χ3v) is 11.0. The molecule has 0 N–H and O–H groups in total. The summed E-state index contributed by atoms with van der Waals surface area (Å²) < 4.78 is 7.08. The third-order valence-electron chi connectivity index (χ3n) is 5.97. The molecule has 0 radical (unpaired) electrons. The fraction of sp³-hybridized carbons (Fsp3) is 0.481. The van der Waals surface area contributed by atoms with Crippen LogP contribution in [0.25, 0.3) is 0 Å². The molecule has 2 atom stereocenters. The van der Waals surface area contributed by atoms with Crippen molar-refractivity contribution in [1.29, 1.82) is 0 Å². The summed E-state index contributed by atoms with van der Waals surface area (Å²) in [6.45, 7) is 16.9. The molecule has 0 heterocycles. The van der Waals surface area contributed by atoms with Crippen molar-refractivity contribution in [3.05, 3.63) is 72.3 Å². The van der Waals surface area contributed by atoms with E-state index in [2.05, 4.69) is 115 Å². The summed E-state index contributed by atoms with van der Waals surface area (Å²) >= 11 is 0. The third kappa shape index (κ3) is 5.93. The van der Waals surface area contributed by atoms with E-state index in [1.165, 1.54) is 28.8 Å². The highest BCUT2D eigenvalue weighted by Gasteiger charge is 2.50. The Hall–Kier alpha value is -1.64. The van der Waals surface area contributed by atoms with Crippen LogP contribution in [0.1, 0.15) is 61.3 Å². The SMILES string of the molecule is C/C=C(\C)C[C@H](C)C[C@H](C)CO[Si](c1ccccc1)(c1ccccc1)C(C)(C)C. The average Bonchev–Trinajstić information content (AvgIpc) is 2.68. The summed E-state index contributed by atoms with van der Waals surface area (Å²) in [5.74, 6) is 1.22. The molecule has 2 heteroatoms. The zero-order valence-corrected chi connectivity index (χ0v) is 20.5. The highest BCUT2D eigenvalue weighted by atomic mass is 28.4. The molecule has 2 aromatic rings. The van der Waals surface area contributed by atoms with Crippen molar-refractivity contribution >= 4 is 18.7 Å². The van der Waals surface area contributed by atoms with E-state index in [1.54, 1.807) is 0 Å². The highest BCUT2D eigenvalue weighted by molar-refractivity contribution is 6.99. The van der Waals surface area contributed by atoms with E-state index >= 15 is 0 Å². The van der Waals surface area contributed by atoms with Gasteiger partial charge in [-0.1, -0.05) is 107 Å². The van der Waals surface area contributed by atoms with E-state index in [1.807, 2.05) is 0 Å². The van der Waals surface area contributed by atoms with E-state index in [-0.39, 0.29) is 5.04 Å². The second-order valence-electron chi connectivity index (χ2n) is 9.76. The first-order valence-corrected chi connectivity index (χ1v) is 13.0. The van der Waals surface area contributed by atoms with Crippen LogP contribution in [0.3, 0.4) is 0 Å². The van der Waals surface area contributed by atoms with Crippen LogP contribution in [0.5, 0.6) is 0 Å². The highest BCUT2D eigenvalue weighted by Crippen LogP contribution is 2.37. The normalized spacial score (nSPS) is 15.2. The van der Waals surface area contributed by atoms with Gasteiger partial charge in [0.2, 0.25) is 0 Å². The second kappa shape index (κ2) is 10.4. The molecule has 0 aliphatic carbocycles. The number of benzene rings is 2. The van der Waals surface area contributed by atoms with Gasteiger partial charge in [-0.3, -0.25) is 0 Å². The number of hydrogen-bond acceptors (Lipinski definition) is 1. The van der Waals surface area contributed by atoms with Gasteiger partial charge in [-0.25, -0.2) is 0 Å². The zero-order valence-electron chi connectivity index (χ0n) is 19.5. The lowest BCUT2D eigenvalue weighted by molar-refractivity contribution is 0.223. The minimum atomic E-state index is -2.41. The average molecular weight is 409 g/mol. The Kier molecular flexibility index (Phi) is 8.48. The lowest BCUT2D eigenvalue weighted by Gasteiger charge is -2.43. The molecule has 158 valence electrons. The predicted octanol–water partition coefficient (Wildman–Crippen LogP) is 6.58. The molecule has 0 unspecified atom stereocenters. The van der Waals surface area contributed by atoms with Gasteiger partial charge in [0.15, 0.2) is 0 Å². The Morgan fingerprint density at radius 1 is 0.897 bits per heavy atom. The predicted molar refractivity (Wildman–Crippen MR) is 131 cm³/mol. The van der Waals surface area contributed by atoms with Crippen molar-refractivity contribution in [3.63, 3.8) is 0 Å². The Morgan fingerprint density at radius 2 is 1.38 bits per heavy atom. The maximum atomic E-state index is 7.08. The minimum absolute atomic E-state index is 0.0442. The molecule has 0 aliphatic rings. The molecule has 0 aliphatic heterocycles. The first-order chi connectivity index (χ1) is 13.7. The van der Waals surface area contributed by atoms with Gasteiger partial charge in [0.1, 0.15) is 0 Å². The van der Waals surface area contributed by atoms with Crippen LogP contribution in [0, 0.1) is 11.8 Å². The van der Waals surface area contributed by atoms with E-state index in [0.717, 1.165) is 6.61 Å². The summed E-state index contributed by atoms with van der Waals surface area (Å²) in [5.41, 5.74) is 1.48. The van der Waals surface area contributed by atoms with Crippen molar-refractivity contribution < 1.29 is 4.43 Å². The van der Waals surface area contributed by atoms with E-state index < -0.39 is 8.32 Å². The molecule has 0 saturated heterocycles. The number of rotatable bonds is 9. The Balaban J connectivity index is 2.32. The molecular formula is C27H40OSi. The Bertz CT molecular complexity index is 719. The van der Waals surface area contributed by atoms with Gasteiger partial charge in [-0.05, 0) is 53.9 Å². The van der Waals surface area contributed by atoms with Crippen molar-refractivity contribution in [2.24, 2.45) is 11.8 Å². The summed E-state index contributed by atoms with van der Waals surface area (Å²) in [6, 6.07) is 21.9. The molecule has 0 amide bonds. The summed E-state index contributed by atoms with van der Waals surface area (Å²) in [6.07, 6.45) is 4.61. The van der Waals surface area contributed by atoms with Crippen LogP contribution >= 0.6 is 0 Å². The Labute approximate surface area is 180 Å². The van der Waals surface area contributed by atoms with E-state index in [0.29, 0.717) is 11.8 Å². The number of hydrogen-bond donors (Lipinski definition) is 0. The molecular weight excluding hydrogens is 368 g/mol. The topological polar surface area (TPSA) is 9.23 Å². The van der Waals surface area contributed by atoms with Gasteiger partial charge in [-0.15, -0.1) is 0 Å². The lowest BCUT2D eigenvalue weighted by atomic mass is 9.92. The first-order valence-electron chi connectivity index (χ1n) is 11.1. The van der Waals surface area contributed by atoms with Crippen LogP contribution in [0.2, 0.25) is 5.04 Å². The van der Waals surface area contributed by atoms with Crippen LogP contribution in [-0.4, -0.2) is 14.9 Å². The molecule has 1 nitrogen and oxygen atoms in total. The quantitative estimate of drug-likeness (QED) is 0.336. The van der Waals surface area contributed by atoms with E-state index in [9.17, 15) is 0 Å². The standard InChI is InChI=1S/C27H40OSi/c1-8-22(2)19-23(3)20-24(4)21-28-29(27(5,6)7,25-15-11-9-12-16-25)26-17-13-10-14-18-26/h8-18,23-24H,19-21H2,1-7H3/b22-8+/t23-,24-/m0/s1. The van der Waals surface area contributed by atoms with Crippen molar-refractivity contribution in [2.45, 2.75) is 66.3 Å². The fourth-order valence-corrected chi connectivity index (χ4v) is 9.22. The van der Waals surface area contributed by atoms with Gasteiger partial charge in [-0.2, -0.15) is 0 Å². The maximum Gasteiger partial charge on any atom is 0.261 e. The summed E-state index contributed by atoms with van der Waals surface area (Å²) in [7, 11) is -2.41. The zero-order chi connectivity index (χ0) is 21.5. The molecule has 2 aromatic carbocycles. The Morgan fingerprint density at radius 3 is 1.79 bits per heavy atom. The minimum Gasteiger partial charge on any atom is -0.407 e. The van der Waals surface area contributed by atoms with Crippen LogP contribution < -0.4 is 10.4 Å². The summed E-state index contributed by atoms with van der Waals surface area (Å²) in [5, 5.41) is 2.77. The largest absolute Gasteiger partial charge is 0.407 e. The molecule has 0 bridgehead atoms. The van der Waals surface area contributed by atoms with Crippen LogP contribution in [0.15, 0.2) is 72.3 Å². The lowest BCUT2D eigenvalue weighted by Crippen LogP contribution is -2.66. The monoisotopic (exact) mass is 408 g/mol. The molecule has 29 heavy (non-hydrogen) atoms. The molecule has 0 spiro atoms. The maximum absolute atomic E-state index is 7.08. The molecule has 0 fully saturated rings.